The van der Waals surface area contributed by atoms with Crippen molar-refractivity contribution in [2.75, 3.05) is 12.8 Å². The largest absolute Gasteiger partial charge is 0.497 e. The highest BCUT2D eigenvalue weighted by Gasteiger charge is 2.19. The van der Waals surface area contributed by atoms with Crippen molar-refractivity contribution in [1.82, 2.24) is 4.98 Å². The number of methoxy groups -OCH3 is 1. The lowest BCUT2D eigenvalue weighted by Gasteiger charge is -2.04. The second kappa shape index (κ2) is 5.78. The van der Waals surface area contributed by atoms with Crippen molar-refractivity contribution >= 4 is 40.2 Å². The predicted octanol–water partition coefficient (Wildman–Crippen LogP) is 3.64. The SMILES string of the molecule is COc1ccc2[nH]c(C(=O)c3ccc(N)c(C=N)c3)c(Cl)c2c1. The molecule has 1 aromatic heterocycles. The number of rotatable bonds is 4. The molecule has 0 atom stereocenters. The van der Waals surface area contributed by atoms with Gasteiger partial charge in [-0.25, -0.2) is 0 Å². The molecule has 0 aliphatic rings. The standard InChI is InChI=1S/C17H14ClN3O2/c1-23-11-3-5-14-12(7-11)15(18)16(21-14)17(22)9-2-4-13(20)10(6-9)8-19/h2-8,19,21H,20H2,1H3. The van der Waals surface area contributed by atoms with E-state index in [9.17, 15) is 4.79 Å². The number of halogens is 1. The minimum Gasteiger partial charge on any atom is -0.497 e. The number of nitrogens with one attached hydrogen (secondary N) is 2. The molecule has 0 aliphatic heterocycles. The van der Waals surface area contributed by atoms with Crippen LogP contribution >= 0.6 is 11.6 Å². The lowest BCUT2D eigenvalue weighted by molar-refractivity contribution is 0.103. The fraction of sp³-hybridized carbons (Fsp3) is 0.0588. The topological polar surface area (TPSA) is 92.0 Å². The first-order valence-corrected chi connectivity index (χ1v) is 7.23. The van der Waals surface area contributed by atoms with Gasteiger partial charge in [-0.1, -0.05) is 11.6 Å². The van der Waals surface area contributed by atoms with Crippen LogP contribution in [0.1, 0.15) is 21.6 Å². The van der Waals surface area contributed by atoms with Gasteiger partial charge < -0.3 is 20.9 Å². The van der Waals surface area contributed by atoms with E-state index < -0.39 is 0 Å². The fourth-order valence-corrected chi connectivity index (χ4v) is 2.70. The first-order valence-electron chi connectivity index (χ1n) is 6.85. The molecule has 1 heterocycles. The van der Waals surface area contributed by atoms with E-state index >= 15 is 0 Å². The molecule has 0 unspecified atom stereocenters. The third kappa shape index (κ3) is 2.55. The highest BCUT2D eigenvalue weighted by Crippen LogP contribution is 2.32. The molecule has 2 aromatic carbocycles. The second-order valence-electron chi connectivity index (χ2n) is 5.04. The van der Waals surface area contributed by atoms with E-state index in [1.165, 1.54) is 0 Å². The number of aromatic nitrogens is 1. The smallest absolute Gasteiger partial charge is 0.210 e. The molecule has 3 aromatic rings. The van der Waals surface area contributed by atoms with E-state index in [0.717, 1.165) is 17.1 Å². The highest BCUT2D eigenvalue weighted by atomic mass is 35.5. The van der Waals surface area contributed by atoms with E-state index in [0.29, 0.717) is 33.3 Å². The molecule has 0 spiro atoms. The van der Waals surface area contributed by atoms with E-state index in [2.05, 4.69) is 4.98 Å². The van der Waals surface area contributed by atoms with Crippen LogP contribution in [0, 0.1) is 5.41 Å². The van der Waals surface area contributed by atoms with E-state index in [-0.39, 0.29) is 5.78 Å². The first-order chi connectivity index (χ1) is 11.0. The lowest BCUT2D eigenvalue weighted by Crippen LogP contribution is -2.04. The van der Waals surface area contributed by atoms with Crippen LogP contribution in [-0.4, -0.2) is 24.1 Å². The Bertz CT molecular complexity index is 931. The molecule has 0 saturated carbocycles. The van der Waals surface area contributed by atoms with Crippen molar-refractivity contribution in [2.24, 2.45) is 0 Å². The number of benzene rings is 2. The summed E-state index contributed by atoms with van der Waals surface area (Å²) in [5, 5.41) is 8.40. The van der Waals surface area contributed by atoms with Crippen LogP contribution in [0.5, 0.6) is 5.75 Å². The van der Waals surface area contributed by atoms with Gasteiger partial charge in [0, 0.05) is 33.9 Å². The fourth-order valence-electron chi connectivity index (χ4n) is 2.41. The summed E-state index contributed by atoms with van der Waals surface area (Å²) in [6.45, 7) is 0. The van der Waals surface area contributed by atoms with Gasteiger partial charge in [-0.05, 0) is 36.4 Å². The monoisotopic (exact) mass is 327 g/mol. The number of fused-ring (bicyclic) bond motifs is 1. The van der Waals surface area contributed by atoms with Crippen LogP contribution in [-0.2, 0) is 0 Å². The summed E-state index contributed by atoms with van der Waals surface area (Å²) in [6, 6.07) is 10.2. The number of ketones is 1. The number of aromatic amines is 1. The van der Waals surface area contributed by atoms with Crippen molar-refractivity contribution < 1.29 is 9.53 Å². The quantitative estimate of drug-likeness (QED) is 0.388. The maximum Gasteiger partial charge on any atom is 0.210 e. The van der Waals surface area contributed by atoms with Crippen LogP contribution in [0.3, 0.4) is 0 Å². The Morgan fingerprint density at radius 2 is 2.09 bits per heavy atom. The summed E-state index contributed by atoms with van der Waals surface area (Å²) in [7, 11) is 1.57. The summed E-state index contributed by atoms with van der Waals surface area (Å²) >= 11 is 6.36. The Labute approximate surface area is 137 Å². The molecule has 0 aliphatic carbocycles. The Hall–Kier alpha value is -2.79. The Kier molecular flexibility index (Phi) is 3.80. The minimum absolute atomic E-state index is 0.256. The van der Waals surface area contributed by atoms with Gasteiger partial charge in [0.05, 0.1) is 12.1 Å². The molecule has 0 saturated heterocycles. The highest BCUT2D eigenvalue weighted by molar-refractivity contribution is 6.39. The van der Waals surface area contributed by atoms with Crippen molar-refractivity contribution in [1.29, 1.82) is 5.41 Å². The Morgan fingerprint density at radius 3 is 2.78 bits per heavy atom. The van der Waals surface area contributed by atoms with Gasteiger partial charge in [0.2, 0.25) is 5.78 Å². The number of H-pyrrole nitrogens is 1. The zero-order valence-corrected chi connectivity index (χ0v) is 13.1. The summed E-state index contributed by atoms with van der Waals surface area (Å²) < 4.78 is 5.18. The van der Waals surface area contributed by atoms with Gasteiger partial charge in [-0.2, -0.15) is 0 Å². The predicted molar refractivity (Wildman–Crippen MR) is 92.0 cm³/mol. The van der Waals surface area contributed by atoms with Crippen LogP contribution in [0.4, 0.5) is 5.69 Å². The molecule has 5 nitrogen and oxygen atoms in total. The molecule has 23 heavy (non-hydrogen) atoms. The molecule has 0 fully saturated rings. The maximum absolute atomic E-state index is 12.7. The molecule has 0 amide bonds. The van der Waals surface area contributed by atoms with Crippen LogP contribution in [0.25, 0.3) is 10.9 Å². The number of nitrogen functional groups attached to an aromatic ring is 1. The summed E-state index contributed by atoms with van der Waals surface area (Å²) in [5.41, 5.74) is 8.16. The Balaban J connectivity index is 2.11. The molecule has 0 radical (unpaired) electrons. The third-order valence-corrected chi connectivity index (χ3v) is 4.07. The average molecular weight is 328 g/mol. The van der Waals surface area contributed by atoms with E-state index in [4.69, 9.17) is 27.5 Å². The van der Waals surface area contributed by atoms with Gasteiger partial charge in [-0.3, -0.25) is 4.79 Å². The minimum atomic E-state index is -0.256. The number of ether oxygens (including phenoxy) is 1. The zero-order chi connectivity index (χ0) is 16.6. The van der Waals surface area contributed by atoms with E-state index in [1.54, 1.807) is 37.4 Å². The van der Waals surface area contributed by atoms with Gasteiger partial charge in [0.25, 0.3) is 0 Å². The van der Waals surface area contributed by atoms with E-state index in [1.807, 2.05) is 6.07 Å². The molecule has 0 bridgehead atoms. The third-order valence-electron chi connectivity index (χ3n) is 3.67. The number of hydrogen-bond acceptors (Lipinski definition) is 4. The number of carbonyl (C=O) groups is 1. The normalized spacial score (nSPS) is 10.7. The summed E-state index contributed by atoms with van der Waals surface area (Å²) in [6.07, 6.45) is 1.11. The van der Waals surface area contributed by atoms with Crippen molar-refractivity contribution in [3.05, 3.63) is 58.2 Å². The Morgan fingerprint density at radius 1 is 1.30 bits per heavy atom. The van der Waals surface area contributed by atoms with Crippen molar-refractivity contribution in [2.45, 2.75) is 0 Å². The summed E-state index contributed by atoms with van der Waals surface area (Å²) in [4.78, 5) is 15.7. The molecule has 116 valence electrons. The summed E-state index contributed by atoms with van der Waals surface area (Å²) in [5.74, 6) is 0.407. The number of anilines is 1. The maximum atomic E-state index is 12.7. The van der Waals surface area contributed by atoms with Crippen molar-refractivity contribution in [3.63, 3.8) is 0 Å². The van der Waals surface area contributed by atoms with Gasteiger partial charge in [-0.15, -0.1) is 0 Å². The molecular weight excluding hydrogens is 314 g/mol. The molecule has 6 heteroatoms. The van der Waals surface area contributed by atoms with Gasteiger partial charge in [0.15, 0.2) is 0 Å². The van der Waals surface area contributed by atoms with Gasteiger partial charge in [0.1, 0.15) is 11.4 Å². The number of carbonyl (C=O) groups excluding carboxylic acids is 1. The lowest BCUT2D eigenvalue weighted by atomic mass is 10.0. The second-order valence-corrected chi connectivity index (χ2v) is 5.42. The number of hydrogen-bond donors (Lipinski definition) is 3. The number of nitrogens with two attached hydrogens (primary N) is 1. The zero-order valence-electron chi connectivity index (χ0n) is 12.3. The van der Waals surface area contributed by atoms with Gasteiger partial charge >= 0.3 is 0 Å². The van der Waals surface area contributed by atoms with Crippen LogP contribution < -0.4 is 10.5 Å². The molecule has 3 rings (SSSR count). The first kappa shape index (κ1) is 15.1. The molecule has 4 N–H and O–H groups in total. The van der Waals surface area contributed by atoms with Crippen LogP contribution in [0.15, 0.2) is 36.4 Å². The molecular formula is C17H14ClN3O2. The van der Waals surface area contributed by atoms with Crippen molar-refractivity contribution in [3.8, 4) is 5.75 Å². The van der Waals surface area contributed by atoms with Crippen LogP contribution in [0.2, 0.25) is 5.02 Å². The average Bonchev–Trinajstić information content (AvgIpc) is 2.91.